The minimum Gasteiger partial charge on any atom is -0.507 e. The number of hydrogen-bond acceptors (Lipinski definition) is 3. The quantitative estimate of drug-likeness (QED) is 0.548. The van der Waals surface area contributed by atoms with Gasteiger partial charge in [0.2, 0.25) is 0 Å². The molecule has 3 rings (SSSR count). The molecule has 0 saturated carbocycles. The molecule has 0 atom stereocenters. The second kappa shape index (κ2) is 8.19. The van der Waals surface area contributed by atoms with Gasteiger partial charge < -0.3 is 9.84 Å². The SMILES string of the molecule is Cc1ccc(COc2ccc(C(=O)Cc3ccc(Br)cc3)c(O)c2)cc1. The highest BCUT2D eigenvalue weighted by molar-refractivity contribution is 9.10. The predicted octanol–water partition coefficient (Wildman–Crippen LogP) is 5.47. The molecule has 0 fully saturated rings. The molecule has 3 aromatic carbocycles. The number of aromatic hydroxyl groups is 1. The number of ketones is 1. The molecule has 26 heavy (non-hydrogen) atoms. The van der Waals surface area contributed by atoms with Crippen LogP contribution in [0.15, 0.2) is 71.2 Å². The number of phenolic OH excluding ortho intramolecular Hbond substituents is 1. The summed E-state index contributed by atoms with van der Waals surface area (Å²) in [6.45, 7) is 2.44. The van der Waals surface area contributed by atoms with Gasteiger partial charge in [-0.15, -0.1) is 0 Å². The molecule has 3 aromatic rings. The van der Waals surface area contributed by atoms with Crippen molar-refractivity contribution in [2.75, 3.05) is 0 Å². The van der Waals surface area contributed by atoms with Crippen LogP contribution in [-0.2, 0) is 13.0 Å². The van der Waals surface area contributed by atoms with E-state index in [-0.39, 0.29) is 18.0 Å². The van der Waals surface area contributed by atoms with Crippen LogP contribution in [0.2, 0.25) is 0 Å². The number of hydrogen-bond donors (Lipinski definition) is 1. The average molecular weight is 411 g/mol. The van der Waals surface area contributed by atoms with Crippen LogP contribution in [0.4, 0.5) is 0 Å². The Labute approximate surface area is 161 Å². The van der Waals surface area contributed by atoms with Gasteiger partial charge in [0.15, 0.2) is 5.78 Å². The zero-order valence-electron chi connectivity index (χ0n) is 14.4. The van der Waals surface area contributed by atoms with Crippen LogP contribution in [-0.4, -0.2) is 10.9 Å². The second-order valence-corrected chi connectivity index (χ2v) is 7.10. The maximum absolute atomic E-state index is 12.4. The van der Waals surface area contributed by atoms with Crippen molar-refractivity contribution in [1.82, 2.24) is 0 Å². The van der Waals surface area contributed by atoms with E-state index in [0.29, 0.717) is 17.9 Å². The molecule has 3 nitrogen and oxygen atoms in total. The zero-order chi connectivity index (χ0) is 18.5. The van der Waals surface area contributed by atoms with Gasteiger partial charge in [-0.05, 0) is 42.3 Å². The standard InChI is InChI=1S/C22H19BrO3/c1-15-2-4-17(5-3-15)14-26-19-10-11-20(22(25)13-19)21(24)12-16-6-8-18(23)9-7-16/h2-11,13,25H,12,14H2,1H3. The molecule has 0 aliphatic carbocycles. The van der Waals surface area contributed by atoms with Gasteiger partial charge in [0.1, 0.15) is 18.1 Å². The summed E-state index contributed by atoms with van der Waals surface area (Å²) in [6.07, 6.45) is 0.240. The van der Waals surface area contributed by atoms with Crippen LogP contribution in [0, 0.1) is 6.92 Å². The van der Waals surface area contributed by atoms with E-state index in [0.717, 1.165) is 15.6 Å². The van der Waals surface area contributed by atoms with Crippen molar-refractivity contribution in [3.63, 3.8) is 0 Å². The van der Waals surface area contributed by atoms with E-state index in [9.17, 15) is 9.90 Å². The van der Waals surface area contributed by atoms with Crippen LogP contribution >= 0.6 is 15.9 Å². The van der Waals surface area contributed by atoms with Crippen LogP contribution in [0.1, 0.15) is 27.0 Å². The van der Waals surface area contributed by atoms with Crippen molar-refractivity contribution >= 4 is 21.7 Å². The van der Waals surface area contributed by atoms with E-state index in [1.54, 1.807) is 12.1 Å². The first kappa shape index (κ1) is 18.2. The largest absolute Gasteiger partial charge is 0.507 e. The number of carbonyl (C=O) groups excluding carboxylic acids is 1. The number of aryl methyl sites for hydroxylation is 1. The Bertz CT molecular complexity index is 900. The molecule has 0 saturated heterocycles. The van der Waals surface area contributed by atoms with E-state index in [4.69, 9.17) is 4.74 Å². The van der Waals surface area contributed by atoms with Crippen LogP contribution in [0.5, 0.6) is 11.5 Å². The lowest BCUT2D eigenvalue weighted by molar-refractivity contribution is 0.0990. The number of phenols is 1. The molecule has 0 aliphatic heterocycles. The third-order valence-corrected chi connectivity index (χ3v) is 4.60. The Kier molecular flexibility index (Phi) is 5.74. The van der Waals surface area contributed by atoms with Crippen LogP contribution in [0.25, 0.3) is 0 Å². The fourth-order valence-electron chi connectivity index (χ4n) is 2.57. The van der Waals surface area contributed by atoms with E-state index in [1.165, 1.54) is 11.6 Å². The number of rotatable bonds is 6. The summed E-state index contributed by atoms with van der Waals surface area (Å²) < 4.78 is 6.67. The monoisotopic (exact) mass is 410 g/mol. The van der Waals surface area contributed by atoms with Gasteiger partial charge in [-0.2, -0.15) is 0 Å². The maximum atomic E-state index is 12.4. The summed E-state index contributed by atoms with van der Waals surface area (Å²) in [5, 5.41) is 10.2. The molecule has 0 bridgehead atoms. The maximum Gasteiger partial charge on any atom is 0.170 e. The van der Waals surface area contributed by atoms with Gasteiger partial charge >= 0.3 is 0 Å². The lowest BCUT2D eigenvalue weighted by Gasteiger charge is -2.09. The van der Waals surface area contributed by atoms with Crippen molar-refractivity contribution in [2.45, 2.75) is 20.0 Å². The molecule has 0 spiro atoms. The highest BCUT2D eigenvalue weighted by atomic mass is 79.9. The third-order valence-electron chi connectivity index (χ3n) is 4.07. The van der Waals surface area contributed by atoms with Crippen molar-refractivity contribution in [2.24, 2.45) is 0 Å². The lowest BCUT2D eigenvalue weighted by Crippen LogP contribution is -2.04. The Morgan fingerprint density at radius 2 is 1.62 bits per heavy atom. The topological polar surface area (TPSA) is 46.5 Å². The van der Waals surface area contributed by atoms with E-state index >= 15 is 0 Å². The number of ether oxygens (including phenoxy) is 1. The summed E-state index contributed by atoms with van der Waals surface area (Å²) in [6, 6.07) is 20.4. The van der Waals surface area contributed by atoms with Crippen molar-refractivity contribution in [3.8, 4) is 11.5 Å². The fraction of sp³-hybridized carbons (Fsp3) is 0.136. The lowest BCUT2D eigenvalue weighted by atomic mass is 10.0. The van der Waals surface area contributed by atoms with Crippen molar-refractivity contribution in [1.29, 1.82) is 0 Å². The first-order valence-corrected chi connectivity index (χ1v) is 9.09. The van der Waals surface area contributed by atoms with Gasteiger partial charge in [0.25, 0.3) is 0 Å². The Hall–Kier alpha value is -2.59. The highest BCUT2D eigenvalue weighted by Gasteiger charge is 2.13. The Morgan fingerprint density at radius 3 is 2.27 bits per heavy atom. The molecule has 132 valence electrons. The molecule has 4 heteroatoms. The molecule has 0 amide bonds. The van der Waals surface area contributed by atoms with E-state index in [1.807, 2.05) is 55.5 Å². The van der Waals surface area contributed by atoms with Gasteiger partial charge in [0.05, 0.1) is 5.56 Å². The molecule has 0 radical (unpaired) electrons. The normalized spacial score (nSPS) is 10.5. The van der Waals surface area contributed by atoms with Gasteiger partial charge in [0, 0.05) is 17.0 Å². The highest BCUT2D eigenvalue weighted by Crippen LogP contribution is 2.26. The second-order valence-electron chi connectivity index (χ2n) is 6.18. The minimum absolute atomic E-state index is 0.0616. The number of Topliss-reactive ketones (excluding diaryl/α,β-unsaturated/α-hetero) is 1. The van der Waals surface area contributed by atoms with Gasteiger partial charge in [-0.1, -0.05) is 57.9 Å². The zero-order valence-corrected chi connectivity index (χ0v) is 16.0. The summed E-state index contributed by atoms with van der Waals surface area (Å²) in [7, 11) is 0. The van der Waals surface area contributed by atoms with Crippen molar-refractivity contribution in [3.05, 3.63) is 93.5 Å². The summed E-state index contributed by atoms with van der Waals surface area (Å²) >= 11 is 3.37. The summed E-state index contributed by atoms with van der Waals surface area (Å²) in [5.41, 5.74) is 3.44. The first-order valence-electron chi connectivity index (χ1n) is 8.30. The average Bonchev–Trinajstić information content (AvgIpc) is 2.63. The molecular formula is C22H19BrO3. The molecule has 0 heterocycles. The van der Waals surface area contributed by atoms with Crippen molar-refractivity contribution < 1.29 is 14.6 Å². The summed E-state index contributed by atoms with van der Waals surface area (Å²) in [4.78, 5) is 12.4. The Morgan fingerprint density at radius 1 is 0.962 bits per heavy atom. The minimum atomic E-state index is -0.130. The molecule has 0 aliphatic rings. The van der Waals surface area contributed by atoms with E-state index < -0.39 is 0 Å². The number of carbonyl (C=O) groups is 1. The summed E-state index contributed by atoms with van der Waals surface area (Å²) in [5.74, 6) is 0.340. The number of benzene rings is 3. The first-order chi connectivity index (χ1) is 12.5. The van der Waals surface area contributed by atoms with Crippen LogP contribution < -0.4 is 4.74 Å². The molecule has 0 aromatic heterocycles. The number of halogens is 1. The molecular weight excluding hydrogens is 392 g/mol. The van der Waals surface area contributed by atoms with Gasteiger partial charge in [-0.25, -0.2) is 0 Å². The van der Waals surface area contributed by atoms with E-state index in [2.05, 4.69) is 15.9 Å². The Balaban J connectivity index is 1.65. The smallest absolute Gasteiger partial charge is 0.170 e. The fourth-order valence-corrected chi connectivity index (χ4v) is 2.84. The molecule has 0 unspecified atom stereocenters. The van der Waals surface area contributed by atoms with Crippen LogP contribution in [0.3, 0.4) is 0 Å². The predicted molar refractivity (Wildman–Crippen MR) is 106 cm³/mol. The molecule has 1 N–H and O–H groups in total. The van der Waals surface area contributed by atoms with Gasteiger partial charge in [-0.3, -0.25) is 4.79 Å². The third kappa shape index (κ3) is 4.73.